The van der Waals surface area contributed by atoms with Crippen LogP contribution in [0, 0.1) is 5.92 Å². The van der Waals surface area contributed by atoms with E-state index in [9.17, 15) is 5.11 Å². The van der Waals surface area contributed by atoms with Gasteiger partial charge in [0.25, 0.3) is 0 Å². The molecule has 0 bridgehead atoms. The van der Waals surface area contributed by atoms with Crippen LogP contribution >= 0.6 is 0 Å². The first-order valence-corrected chi connectivity index (χ1v) is 14.3. The fourth-order valence-corrected chi connectivity index (χ4v) is 6.62. The number of aromatic nitrogens is 6. The Morgan fingerprint density at radius 2 is 1.98 bits per heavy atom. The minimum Gasteiger partial charge on any atom is -0.386 e. The summed E-state index contributed by atoms with van der Waals surface area (Å²) in [4.78, 5) is 23.4. The Morgan fingerprint density at radius 3 is 2.77 bits per heavy atom. The Morgan fingerprint density at radius 1 is 1.15 bits per heavy atom. The van der Waals surface area contributed by atoms with Crippen LogP contribution in [-0.2, 0) is 21.3 Å². The van der Waals surface area contributed by atoms with Crippen LogP contribution < -0.4 is 5.73 Å². The van der Waals surface area contributed by atoms with Crippen LogP contribution in [0.1, 0.15) is 64.6 Å². The van der Waals surface area contributed by atoms with E-state index in [1.54, 1.807) is 10.9 Å². The number of aliphatic hydroxyl groups excluding tert-OH is 1. The van der Waals surface area contributed by atoms with Gasteiger partial charge in [-0.1, -0.05) is 26.8 Å². The zero-order valence-corrected chi connectivity index (χ0v) is 23.5. The normalized spacial score (nSPS) is 31.1. The van der Waals surface area contributed by atoms with Crippen LogP contribution in [0.3, 0.4) is 0 Å². The van der Waals surface area contributed by atoms with E-state index in [-0.39, 0.29) is 17.7 Å². The van der Waals surface area contributed by atoms with Gasteiger partial charge in [-0.3, -0.25) is 9.47 Å². The highest BCUT2D eigenvalue weighted by Crippen LogP contribution is 2.42. The van der Waals surface area contributed by atoms with E-state index in [4.69, 9.17) is 20.2 Å². The summed E-state index contributed by atoms with van der Waals surface area (Å²) < 4.78 is 14.4. The highest BCUT2D eigenvalue weighted by atomic mass is 16.6. The van der Waals surface area contributed by atoms with E-state index in [1.165, 1.54) is 11.9 Å². The van der Waals surface area contributed by atoms with Gasteiger partial charge in [-0.15, -0.1) is 0 Å². The number of aliphatic hydroxyl groups is 1. The molecule has 2 aliphatic heterocycles. The number of imidazole rings is 2. The summed E-state index contributed by atoms with van der Waals surface area (Å²) in [5.74, 6) is 2.04. The van der Waals surface area contributed by atoms with Crippen molar-refractivity contribution in [3.8, 4) is 0 Å². The molecule has 3 fully saturated rings. The van der Waals surface area contributed by atoms with E-state index in [2.05, 4.69) is 70.7 Å². The Kier molecular flexibility index (Phi) is 6.12. The first-order chi connectivity index (χ1) is 19.2. The number of fused-ring (bicyclic) bond motifs is 3. The maximum Gasteiger partial charge on any atom is 0.167 e. The minimum absolute atomic E-state index is 0.0888. The van der Waals surface area contributed by atoms with Crippen molar-refractivity contribution in [2.24, 2.45) is 5.92 Å². The summed E-state index contributed by atoms with van der Waals surface area (Å²) in [7, 11) is 0. The molecule has 3 aromatic heterocycles. The predicted molar refractivity (Wildman–Crippen MR) is 150 cm³/mol. The summed E-state index contributed by atoms with van der Waals surface area (Å²) in [5.41, 5.74) is 10.6. The zero-order valence-electron chi connectivity index (χ0n) is 23.5. The van der Waals surface area contributed by atoms with Gasteiger partial charge in [0.15, 0.2) is 17.7 Å². The van der Waals surface area contributed by atoms with Crippen LogP contribution in [0.2, 0.25) is 0 Å². The lowest BCUT2D eigenvalue weighted by atomic mass is 9.76. The molecule has 4 aromatic rings. The van der Waals surface area contributed by atoms with E-state index in [1.807, 2.05) is 0 Å². The van der Waals surface area contributed by atoms with Crippen molar-refractivity contribution < 1.29 is 14.6 Å². The van der Waals surface area contributed by atoms with Crippen molar-refractivity contribution in [3.05, 3.63) is 42.2 Å². The van der Waals surface area contributed by atoms with Gasteiger partial charge in [0.2, 0.25) is 0 Å². The molecular formula is C29H38N8O3. The SMILES string of the molecule is CC1O[C@H]2[C@@H](O)[C@H](n3cnc4c(N)ncnc43)O[C@@H]2CN1C1CC(CCc2nc3ccc(C(C)(C)C)cc3[nH]2)C1. The third kappa shape index (κ3) is 4.36. The number of nitrogens with two attached hydrogens (primary N) is 1. The van der Waals surface area contributed by atoms with Crippen molar-refractivity contribution in [3.63, 3.8) is 0 Å². The van der Waals surface area contributed by atoms with Crippen molar-refractivity contribution in [1.29, 1.82) is 0 Å². The molecule has 1 unspecified atom stereocenters. The largest absolute Gasteiger partial charge is 0.386 e. The van der Waals surface area contributed by atoms with Crippen LogP contribution in [0.4, 0.5) is 5.82 Å². The third-order valence-electron chi connectivity index (χ3n) is 9.05. The topological polar surface area (TPSA) is 140 Å². The van der Waals surface area contributed by atoms with Gasteiger partial charge in [-0.25, -0.2) is 19.9 Å². The number of nitrogen functional groups attached to an aromatic ring is 1. The van der Waals surface area contributed by atoms with E-state index >= 15 is 0 Å². The van der Waals surface area contributed by atoms with Gasteiger partial charge in [0.1, 0.15) is 42.2 Å². The first-order valence-electron chi connectivity index (χ1n) is 14.3. The van der Waals surface area contributed by atoms with Gasteiger partial charge in [0.05, 0.1) is 17.4 Å². The van der Waals surface area contributed by atoms with Crippen molar-refractivity contribution in [2.45, 2.75) is 95.6 Å². The lowest BCUT2D eigenvalue weighted by Gasteiger charge is -2.49. The summed E-state index contributed by atoms with van der Waals surface area (Å²) >= 11 is 0. The molecule has 3 aliphatic rings. The Balaban J connectivity index is 0.959. The van der Waals surface area contributed by atoms with Gasteiger partial charge in [0, 0.05) is 19.0 Å². The van der Waals surface area contributed by atoms with Gasteiger partial charge in [-0.05, 0) is 55.2 Å². The molecule has 1 saturated carbocycles. The average molecular weight is 547 g/mol. The highest BCUT2D eigenvalue weighted by Gasteiger charge is 2.52. The molecular weight excluding hydrogens is 508 g/mol. The Hall–Kier alpha value is -3.12. The molecule has 11 heteroatoms. The van der Waals surface area contributed by atoms with Crippen LogP contribution in [0.15, 0.2) is 30.9 Å². The van der Waals surface area contributed by atoms with E-state index in [0.29, 0.717) is 28.9 Å². The second-order valence-corrected chi connectivity index (χ2v) is 12.7. The number of anilines is 1. The second kappa shape index (κ2) is 9.47. The molecule has 11 nitrogen and oxygen atoms in total. The van der Waals surface area contributed by atoms with Gasteiger partial charge < -0.3 is 25.3 Å². The molecule has 5 atom stereocenters. The molecule has 5 heterocycles. The van der Waals surface area contributed by atoms with E-state index < -0.39 is 18.4 Å². The number of rotatable bonds is 5. The number of aryl methyl sites for hydroxylation is 1. The maximum atomic E-state index is 11.1. The Labute approximate surface area is 233 Å². The predicted octanol–water partition coefficient (Wildman–Crippen LogP) is 3.30. The van der Waals surface area contributed by atoms with Gasteiger partial charge in [-0.2, -0.15) is 0 Å². The molecule has 0 amide bonds. The Bertz CT molecular complexity index is 1540. The number of nitrogens with zero attached hydrogens (tertiary/aromatic N) is 6. The second-order valence-electron chi connectivity index (χ2n) is 12.7. The number of ether oxygens (including phenoxy) is 2. The van der Waals surface area contributed by atoms with Crippen molar-refractivity contribution in [2.75, 3.05) is 12.3 Å². The fraction of sp³-hybridized carbons (Fsp3) is 0.586. The summed E-state index contributed by atoms with van der Waals surface area (Å²) in [6.07, 6.45) is 5.13. The first kappa shape index (κ1) is 25.8. The number of hydrogen-bond acceptors (Lipinski definition) is 9. The molecule has 1 aromatic carbocycles. The molecule has 1 aliphatic carbocycles. The maximum absolute atomic E-state index is 11.1. The lowest BCUT2D eigenvalue weighted by molar-refractivity contribution is -0.199. The standard InChI is InChI=1S/C29H38N8O3/c1-15-36(12-21-25(39-15)24(38)28(40-21)37-14-33-23-26(30)31-13-32-27(23)37)18-9-16(10-18)5-8-22-34-19-7-6-17(29(2,3)4)11-20(19)35-22/h6-7,11,13-16,18,21,24-25,28,38H,5,8-10,12H2,1-4H3,(H,34,35)(H2,30,31,32)/t15?,16?,18?,21-,24-,25-,28-/m1/s1. The van der Waals surface area contributed by atoms with Crippen LogP contribution in [0.5, 0.6) is 0 Å². The van der Waals surface area contributed by atoms with Crippen LogP contribution in [-0.4, -0.2) is 76.6 Å². The van der Waals surface area contributed by atoms with Gasteiger partial charge >= 0.3 is 0 Å². The number of nitrogens with one attached hydrogen (secondary N) is 1. The van der Waals surface area contributed by atoms with Crippen molar-refractivity contribution in [1.82, 2.24) is 34.4 Å². The molecule has 4 N–H and O–H groups in total. The summed E-state index contributed by atoms with van der Waals surface area (Å²) in [6, 6.07) is 7.01. The average Bonchev–Trinajstić information content (AvgIpc) is 3.58. The van der Waals surface area contributed by atoms with Crippen molar-refractivity contribution >= 4 is 28.0 Å². The monoisotopic (exact) mass is 546 g/mol. The molecule has 0 spiro atoms. The summed E-state index contributed by atoms with van der Waals surface area (Å²) in [6.45, 7) is 9.50. The van der Waals surface area contributed by atoms with Crippen LogP contribution in [0.25, 0.3) is 22.2 Å². The lowest BCUT2D eigenvalue weighted by Crippen LogP contribution is -2.59. The summed E-state index contributed by atoms with van der Waals surface area (Å²) in [5, 5.41) is 11.1. The van der Waals surface area contributed by atoms with E-state index in [0.717, 1.165) is 49.1 Å². The quantitative estimate of drug-likeness (QED) is 0.344. The third-order valence-corrected chi connectivity index (χ3v) is 9.05. The molecule has 0 radical (unpaired) electrons. The molecule has 212 valence electrons. The smallest absolute Gasteiger partial charge is 0.167 e. The zero-order chi connectivity index (χ0) is 27.8. The fourth-order valence-electron chi connectivity index (χ4n) is 6.62. The number of benzene rings is 1. The number of H-pyrrole nitrogens is 1. The number of hydrogen-bond donors (Lipinski definition) is 3. The number of aromatic amines is 1. The minimum atomic E-state index is -0.833. The molecule has 7 rings (SSSR count). The molecule has 40 heavy (non-hydrogen) atoms. The highest BCUT2D eigenvalue weighted by molar-refractivity contribution is 5.81. The molecule has 2 saturated heterocycles.